The fourth-order valence-electron chi connectivity index (χ4n) is 1.45. The van der Waals surface area contributed by atoms with Crippen LogP contribution in [-0.4, -0.2) is 16.2 Å². The molecule has 0 unspecified atom stereocenters. The molecule has 2 nitrogen and oxygen atoms in total. The first-order valence-electron chi connectivity index (χ1n) is 3.51. The van der Waals surface area contributed by atoms with Crippen LogP contribution in [0.25, 0.3) is 0 Å². The fraction of sp³-hybridized carbons (Fsp3) is 0.750. The van der Waals surface area contributed by atoms with Gasteiger partial charge in [-0.25, -0.2) is 0 Å². The van der Waals surface area contributed by atoms with Crippen LogP contribution in [-0.2, 0) is 0 Å². The molecule has 0 spiro atoms. The molecule has 0 aromatic heterocycles. The van der Waals surface area contributed by atoms with Gasteiger partial charge < -0.3 is 10.8 Å². The lowest BCUT2D eigenvalue weighted by Gasteiger charge is -2.51. The van der Waals surface area contributed by atoms with Gasteiger partial charge in [0.2, 0.25) is 0 Å². The molecule has 0 heterocycles. The Labute approximate surface area is 61.7 Å². The van der Waals surface area contributed by atoms with E-state index in [1.165, 1.54) is 0 Å². The number of hydrogen-bond donors (Lipinski definition) is 2. The van der Waals surface area contributed by atoms with Crippen molar-refractivity contribution in [2.24, 2.45) is 5.73 Å². The van der Waals surface area contributed by atoms with E-state index in [1.54, 1.807) is 6.92 Å². The third-order valence-corrected chi connectivity index (χ3v) is 3.08. The van der Waals surface area contributed by atoms with Crippen LogP contribution in [0.3, 0.4) is 0 Å². The highest BCUT2D eigenvalue weighted by Gasteiger charge is 2.52. The summed E-state index contributed by atoms with van der Waals surface area (Å²) in [5, 5.41) is 9.70. The minimum atomic E-state index is -0.795. The SMILES string of the molecule is CC1=C(C)[C@](C)(O)[C@@]1(C)N. The summed E-state index contributed by atoms with van der Waals surface area (Å²) in [5.41, 5.74) is 6.63. The summed E-state index contributed by atoms with van der Waals surface area (Å²) in [6, 6.07) is 0. The van der Waals surface area contributed by atoms with Gasteiger partial charge in [-0.15, -0.1) is 0 Å². The molecular formula is C8H15NO. The zero-order valence-corrected chi connectivity index (χ0v) is 7.02. The van der Waals surface area contributed by atoms with E-state index in [4.69, 9.17) is 5.73 Å². The van der Waals surface area contributed by atoms with Gasteiger partial charge in [0, 0.05) is 0 Å². The summed E-state index contributed by atoms with van der Waals surface area (Å²) in [7, 11) is 0. The molecule has 58 valence electrons. The molecule has 2 heteroatoms. The maximum Gasteiger partial charge on any atom is 0.104 e. The average molecular weight is 141 g/mol. The van der Waals surface area contributed by atoms with Crippen LogP contribution >= 0.6 is 0 Å². The highest BCUT2D eigenvalue weighted by atomic mass is 16.3. The molecule has 0 bridgehead atoms. The Kier molecular flexibility index (Phi) is 1.26. The van der Waals surface area contributed by atoms with Crippen molar-refractivity contribution >= 4 is 0 Å². The van der Waals surface area contributed by atoms with Crippen LogP contribution in [0.5, 0.6) is 0 Å². The van der Waals surface area contributed by atoms with E-state index in [0.717, 1.165) is 11.1 Å². The first kappa shape index (κ1) is 7.76. The normalized spacial score (nSPS) is 47.4. The van der Waals surface area contributed by atoms with E-state index in [9.17, 15) is 5.11 Å². The lowest BCUT2D eigenvalue weighted by molar-refractivity contribution is 0.00977. The molecule has 0 aliphatic heterocycles. The van der Waals surface area contributed by atoms with Gasteiger partial charge in [0.25, 0.3) is 0 Å². The molecule has 10 heavy (non-hydrogen) atoms. The summed E-state index contributed by atoms with van der Waals surface area (Å²) in [5.74, 6) is 0. The Bertz CT molecular complexity index is 179. The highest BCUT2D eigenvalue weighted by Crippen LogP contribution is 2.44. The molecule has 0 saturated heterocycles. The molecule has 2 atom stereocenters. The number of rotatable bonds is 0. The van der Waals surface area contributed by atoms with E-state index in [-0.39, 0.29) is 0 Å². The Morgan fingerprint density at radius 1 is 1.20 bits per heavy atom. The largest absolute Gasteiger partial charge is 0.384 e. The quantitative estimate of drug-likeness (QED) is 0.490. The van der Waals surface area contributed by atoms with Gasteiger partial charge in [-0.3, -0.25) is 0 Å². The molecule has 0 fully saturated rings. The van der Waals surface area contributed by atoms with Crippen LogP contribution in [0.2, 0.25) is 0 Å². The molecular weight excluding hydrogens is 126 g/mol. The molecule has 0 aromatic carbocycles. The van der Waals surface area contributed by atoms with E-state index in [0.29, 0.717) is 0 Å². The van der Waals surface area contributed by atoms with Crippen LogP contribution < -0.4 is 5.73 Å². The zero-order chi connectivity index (χ0) is 8.15. The lowest BCUT2D eigenvalue weighted by atomic mass is 9.62. The zero-order valence-electron chi connectivity index (χ0n) is 7.02. The van der Waals surface area contributed by atoms with Crippen molar-refractivity contribution in [1.82, 2.24) is 0 Å². The minimum Gasteiger partial charge on any atom is -0.384 e. The molecule has 0 saturated carbocycles. The van der Waals surface area contributed by atoms with E-state index < -0.39 is 11.1 Å². The van der Waals surface area contributed by atoms with Gasteiger partial charge in [0.1, 0.15) is 5.60 Å². The molecule has 0 radical (unpaired) electrons. The van der Waals surface area contributed by atoms with Crippen molar-refractivity contribution in [1.29, 1.82) is 0 Å². The third kappa shape index (κ3) is 0.559. The topological polar surface area (TPSA) is 46.2 Å². The smallest absolute Gasteiger partial charge is 0.104 e. The van der Waals surface area contributed by atoms with Crippen molar-refractivity contribution < 1.29 is 5.11 Å². The second kappa shape index (κ2) is 1.63. The van der Waals surface area contributed by atoms with Crippen molar-refractivity contribution in [2.75, 3.05) is 0 Å². The maximum atomic E-state index is 9.70. The van der Waals surface area contributed by atoms with Crippen molar-refractivity contribution in [3.05, 3.63) is 11.1 Å². The Morgan fingerprint density at radius 2 is 1.60 bits per heavy atom. The van der Waals surface area contributed by atoms with Crippen LogP contribution in [0, 0.1) is 0 Å². The fourth-order valence-corrected chi connectivity index (χ4v) is 1.45. The standard InChI is InChI=1S/C8H15NO/c1-5-6(2)8(4,10)7(5,3)9/h10H,9H2,1-4H3/t7-,8-/m0/s1. The first-order chi connectivity index (χ1) is 4.32. The van der Waals surface area contributed by atoms with E-state index in [2.05, 4.69) is 0 Å². The lowest BCUT2D eigenvalue weighted by Crippen LogP contribution is -2.65. The van der Waals surface area contributed by atoms with Gasteiger partial charge in [0.15, 0.2) is 0 Å². The van der Waals surface area contributed by atoms with Crippen LogP contribution in [0.1, 0.15) is 27.7 Å². The monoisotopic (exact) mass is 141 g/mol. The average Bonchev–Trinajstić information content (AvgIpc) is 1.84. The Morgan fingerprint density at radius 3 is 1.70 bits per heavy atom. The van der Waals surface area contributed by atoms with Gasteiger partial charge in [-0.05, 0) is 38.8 Å². The first-order valence-corrected chi connectivity index (χ1v) is 3.51. The maximum absolute atomic E-state index is 9.70. The third-order valence-electron chi connectivity index (χ3n) is 3.08. The summed E-state index contributed by atoms with van der Waals surface area (Å²) in [4.78, 5) is 0. The van der Waals surface area contributed by atoms with Crippen molar-refractivity contribution in [3.8, 4) is 0 Å². The molecule has 0 aromatic rings. The summed E-state index contributed by atoms with van der Waals surface area (Å²) < 4.78 is 0. The van der Waals surface area contributed by atoms with Gasteiger partial charge in [-0.2, -0.15) is 0 Å². The Hall–Kier alpha value is -0.340. The molecule has 1 rings (SSSR count). The molecule has 1 aliphatic rings. The van der Waals surface area contributed by atoms with Crippen LogP contribution in [0.15, 0.2) is 11.1 Å². The van der Waals surface area contributed by atoms with Gasteiger partial charge >= 0.3 is 0 Å². The van der Waals surface area contributed by atoms with E-state index in [1.807, 2.05) is 20.8 Å². The number of aliphatic hydroxyl groups is 1. The Balaban J connectivity index is 3.10. The second-order valence-electron chi connectivity index (χ2n) is 3.52. The second-order valence-corrected chi connectivity index (χ2v) is 3.52. The van der Waals surface area contributed by atoms with Crippen LogP contribution in [0.4, 0.5) is 0 Å². The predicted octanol–water partition coefficient (Wildman–Crippen LogP) is 0.805. The van der Waals surface area contributed by atoms with Gasteiger partial charge in [0.05, 0.1) is 5.54 Å². The van der Waals surface area contributed by atoms with Crippen molar-refractivity contribution in [3.63, 3.8) is 0 Å². The molecule has 0 amide bonds. The number of nitrogens with two attached hydrogens (primary N) is 1. The summed E-state index contributed by atoms with van der Waals surface area (Å²) >= 11 is 0. The summed E-state index contributed by atoms with van der Waals surface area (Å²) in [6.07, 6.45) is 0. The minimum absolute atomic E-state index is 0.517. The van der Waals surface area contributed by atoms with E-state index >= 15 is 0 Å². The van der Waals surface area contributed by atoms with Gasteiger partial charge in [-0.1, -0.05) is 0 Å². The van der Waals surface area contributed by atoms with Crippen molar-refractivity contribution in [2.45, 2.75) is 38.8 Å². The highest BCUT2D eigenvalue weighted by molar-refractivity contribution is 5.46. The predicted molar refractivity (Wildman–Crippen MR) is 41.6 cm³/mol. The molecule has 1 aliphatic carbocycles. The number of hydrogen-bond acceptors (Lipinski definition) is 2. The summed E-state index contributed by atoms with van der Waals surface area (Å²) in [6.45, 7) is 7.50. The molecule has 3 N–H and O–H groups in total.